The molecule has 2 aromatic heterocycles. The van der Waals surface area contributed by atoms with Gasteiger partial charge in [0.05, 0.1) is 16.8 Å². The van der Waals surface area contributed by atoms with Gasteiger partial charge in [-0.2, -0.15) is 13.2 Å². The Labute approximate surface area is 209 Å². The molecule has 1 unspecified atom stereocenters. The molecule has 3 aromatic rings. The summed E-state index contributed by atoms with van der Waals surface area (Å²) in [5.41, 5.74) is -2.27. The maximum atomic E-state index is 15.0. The number of carbonyl (C=O) groups is 1. The van der Waals surface area contributed by atoms with Crippen LogP contribution in [0.2, 0.25) is 0 Å². The van der Waals surface area contributed by atoms with Crippen LogP contribution in [0.25, 0.3) is 0 Å². The Morgan fingerprint density at radius 2 is 1.92 bits per heavy atom. The minimum atomic E-state index is -4.93. The van der Waals surface area contributed by atoms with Crippen LogP contribution in [-0.4, -0.2) is 38.7 Å². The Kier molecular flexibility index (Phi) is 6.79. The zero-order valence-electron chi connectivity index (χ0n) is 19.8. The number of hydrogen-bond donors (Lipinski definition) is 2. The predicted molar refractivity (Wildman–Crippen MR) is 124 cm³/mol. The second-order valence-electron chi connectivity index (χ2n) is 8.42. The van der Waals surface area contributed by atoms with Gasteiger partial charge in [-0.1, -0.05) is 6.07 Å². The second kappa shape index (κ2) is 9.57. The molecule has 1 atom stereocenters. The van der Waals surface area contributed by atoms with Crippen LogP contribution in [0.3, 0.4) is 0 Å². The number of anilines is 1. The van der Waals surface area contributed by atoms with Gasteiger partial charge in [-0.15, -0.1) is 10.2 Å². The standard InChI is InChI=1S/C23H21F4N5O4S/c1-11-16(20(33)30-13-5-4-6-14(9-13)37(3,28)34)21(32-31-19(11)23(25,26)27)36-22-18(35-2)17(24)15(10-29-22)12-7-8-12/h4-6,9-10,12,28H,7-8H2,1-3H3,(H,30,33). The van der Waals surface area contributed by atoms with Crippen molar-refractivity contribution in [2.45, 2.75) is 36.8 Å². The molecule has 14 heteroatoms. The van der Waals surface area contributed by atoms with Crippen molar-refractivity contribution in [1.29, 1.82) is 4.78 Å². The largest absolute Gasteiger partial charge is 0.489 e. The fourth-order valence-corrected chi connectivity index (χ4v) is 4.30. The number of nitrogens with zero attached hydrogens (tertiary/aromatic N) is 3. The summed E-state index contributed by atoms with van der Waals surface area (Å²) in [6.45, 7) is 1.01. The van der Waals surface area contributed by atoms with Crippen molar-refractivity contribution in [2.75, 3.05) is 18.7 Å². The van der Waals surface area contributed by atoms with Crippen molar-refractivity contribution in [2.24, 2.45) is 0 Å². The highest BCUT2D eigenvalue weighted by Crippen LogP contribution is 2.45. The zero-order valence-corrected chi connectivity index (χ0v) is 20.6. The molecule has 0 spiro atoms. The number of methoxy groups -OCH3 is 1. The van der Waals surface area contributed by atoms with Gasteiger partial charge < -0.3 is 14.8 Å². The summed E-state index contributed by atoms with van der Waals surface area (Å²) in [7, 11) is -1.96. The summed E-state index contributed by atoms with van der Waals surface area (Å²) in [4.78, 5) is 17.3. The van der Waals surface area contributed by atoms with E-state index in [0.29, 0.717) is 5.56 Å². The van der Waals surface area contributed by atoms with Crippen LogP contribution < -0.4 is 14.8 Å². The molecule has 1 aliphatic rings. The van der Waals surface area contributed by atoms with Gasteiger partial charge in [-0.25, -0.2) is 18.4 Å². The van der Waals surface area contributed by atoms with Gasteiger partial charge in [0.25, 0.3) is 17.7 Å². The number of amides is 1. The molecule has 4 rings (SSSR count). The molecule has 196 valence electrons. The number of hydrogen-bond acceptors (Lipinski definition) is 8. The third-order valence-electron chi connectivity index (χ3n) is 5.60. The Morgan fingerprint density at radius 3 is 2.51 bits per heavy atom. The summed E-state index contributed by atoms with van der Waals surface area (Å²) in [5, 5.41) is 9.02. The first-order chi connectivity index (χ1) is 17.3. The van der Waals surface area contributed by atoms with E-state index >= 15 is 0 Å². The number of pyridine rings is 1. The topological polar surface area (TPSA) is 127 Å². The van der Waals surface area contributed by atoms with Gasteiger partial charge in [-0.05, 0) is 49.4 Å². The minimum absolute atomic E-state index is 0.0119. The monoisotopic (exact) mass is 539 g/mol. The molecule has 0 radical (unpaired) electrons. The highest BCUT2D eigenvalue weighted by atomic mass is 32.2. The van der Waals surface area contributed by atoms with Crippen molar-refractivity contribution in [3.05, 3.63) is 58.7 Å². The van der Waals surface area contributed by atoms with Crippen LogP contribution in [0.15, 0.2) is 35.4 Å². The summed E-state index contributed by atoms with van der Waals surface area (Å²) >= 11 is 0. The Bertz CT molecular complexity index is 1490. The van der Waals surface area contributed by atoms with E-state index in [-0.39, 0.29) is 16.5 Å². The molecule has 1 amide bonds. The number of nitrogens with one attached hydrogen (secondary N) is 2. The normalized spacial score (nSPS) is 15.1. The number of rotatable bonds is 7. The summed E-state index contributed by atoms with van der Waals surface area (Å²) in [6.07, 6.45) is -0.948. The van der Waals surface area contributed by atoms with Crippen LogP contribution in [0.1, 0.15) is 45.9 Å². The molecule has 37 heavy (non-hydrogen) atoms. The number of carbonyl (C=O) groups excluding carboxylic acids is 1. The van der Waals surface area contributed by atoms with E-state index in [2.05, 4.69) is 20.5 Å². The molecule has 1 saturated carbocycles. The van der Waals surface area contributed by atoms with E-state index in [1.807, 2.05) is 0 Å². The van der Waals surface area contributed by atoms with Crippen LogP contribution in [0.5, 0.6) is 17.5 Å². The maximum absolute atomic E-state index is 15.0. The third-order valence-corrected chi connectivity index (χ3v) is 6.76. The Hall–Kier alpha value is -3.81. The Morgan fingerprint density at radius 1 is 1.22 bits per heavy atom. The van der Waals surface area contributed by atoms with Crippen molar-refractivity contribution in [1.82, 2.24) is 15.2 Å². The fraction of sp³-hybridized carbons (Fsp3) is 0.304. The molecular weight excluding hydrogens is 518 g/mol. The second-order valence-corrected chi connectivity index (χ2v) is 10.6. The van der Waals surface area contributed by atoms with E-state index in [0.717, 1.165) is 19.8 Å². The molecular formula is C23H21F4N5O4S. The lowest BCUT2D eigenvalue weighted by atomic mass is 10.1. The van der Waals surface area contributed by atoms with Gasteiger partial charge in [0.2, 0.25) is 5.75 Å². The lowest BCUT2D eigenvalue weighted by Gasteiger charge is -2.17. The van der Waals surface area contributed by atoms with E-state index in [4.69, 9.17) is 14.3 Å². The lowest BCUT2D eigenvalue weighted by molar-refractivity contribution is -0.142. The number of halogens is 4. The molecule has 1 aromatic carbocycles. The molecule has 0 bridgehead atoms. The van der Waals surface area contributed by atoms with Gasteiger partial charge in [0.15, 0.2) is 11.5 Å². The van der Waals surface area contributed by atoms with Crippen LogP contribution >= 0.6 is 0 Å². The fourth-order valence-electron chi connectivity index (χ4n) is 3.61. The molecule has 0 saturated heterocycles. The number of benzene rings is 1. The highest BCUT2D eigenvalue weighted by molar-refractivity contribution is 7.91. The van der Waals surface area contributed by atoms with Crippen LogP contribution in [-0.2, 0) is 15.9 Å². The maximum Gasteiger partial charge on any atom is 0.435 e. The van der Waals surface area contributed by atoms with Gasteiger partial charge in [0.1, 0.15) is 5.56 Å². The molecule has 2 heterocycles. The van der Waals surface area contributed by atoms with Crippen LogP contribution in [0.4, 0.5) is 23.2 Å². The molecule has 9 nitrogen and oxygen atoms in total. The molecule has 1 fully saturated rings. The van der Waals surface area contributed by atoms with E-state index in [9.17, 15) is 26.6 Å². The molecule has 2 N–H and O–H groups in total. The highest BCUT2D eigenvalue weighted by Gasteiger charge is 2.38. The quantitative estimate of drug-likeness (QED) is 0.390. The lowest BCUT2D eigenvalue weighted by Crippen LogP contribution is -2.21. The number of aromatic nitrogens is 3. The Balaban J connectivity index is 1.77. The average Bonchev–Trinajstić information content (AvgIpc) is 3.63. The number of alkyl halides is 3. The van der Waals surface area contributed by atoms with Crippen molar-refractivity contribution in [3.63, 3.8) is 0 Å². The van der Waals surface area contributed by atoms with Crippen molar-refractivity contribution < 1.29 is 36.0 Å². The first-order valence-electron chi connectivity index (χ1n) is 10.8. The third kappa shape index (κ3) is 5.48. The van der Waals surface area contributed by atoms with E-state index in [1.54, 1.807) is 0 Å². The summed E-state index contributed by atoms with van der Waals surface area (Å²) < 4.78 is 86.0. The van der Waals surface area contributed by atoms with Gasteiger partial charge >= 0.3 is 6.18 Å². The first kappa shape index (κ1) is 26.3. The van der Waals surface area contributed by atoms with Gasteiger partial charge in [0, 0.05) is 28.6 Å². The zero-order chi connectivity index (χ0) is 27.1. The smallest absolute Gasteiger partial charge is 0.435 e. The molecule has 1 aliphatic carbocycles. The SMILES string of the molecule is COc1c(Oc2nnc(C(F)(F)F)c(C)c2C(=O)Nc2cccc(S(C)(=N)=O)c2)ncc(C2CC2)c1F. The van der Waals surface area contributed by atoms with E-state index in [1.165, 1.54) is 43.8 Å². The van der Waals surface area contributed by atoms with Crippen molar-refractivity contribution in [3.8, 4) is 17.5 Å². The molecule has 0 aliphatic heterocycles. The summed E-state index contributed by atoms with van der Waals surface area (Å²) in [6, 6.07) is 5.51. The van der Waals surface area contributed by atoms with Crippen molar-refractivity contribution >= 4 is 21.3 Å². The van der Waals surface area contributed by atoms with Crippen LogP contribution in [0, 0.1) is 17.5 Å². The first-order valence-corrected chi connectivity index (χ1v) is 12.8. The number of ether oxygens (including phenoxy) is 2. The van der Waals surface area contributed by atoms with Gasteiger partial charge in [-0.3, -0.25) is 4.79 Å². The predicted octanol–water partition coefficient (Wildman–Crippen LogP) is 5.30. The summed E-state index contributed by atoms with van der Waals surface area (Å²) in [5.74, 6) is -3.31. The van der Waals surface area contributed by atoms with E-state index < -0.39 is 62.0 Å². The minimum Gasteiger partial charge on any atom is -0.489 e. The average molecular weight is 540 g/mol.